The third kappa shape index (κ3) is 5.43. The zero-order valence-corrected chi connectivity index (χ0v) is 17.7. The normalized spacial score (nSPS) is 10.5. The maximum Gasteiger partial charge on any atom is 0.276 e. The van der Waals surface area contributed by atoms with Crippen LogP contribution in [0.4, 0.5) is 5.69 Å². The van der Waals surface area contributed by atoms with Crippen LogP contribution in [0.1, 0.15) is 21.6 Å². The van der Waals surface area contributed by atoms with Crippen LogP contribution >= 0.6 is 12.2 Å². The molecule has 5 nitrogen and oxygen atoms in total. The molecule has 0 unspecified atom stereocenters. The highest BCUT2D eigenvalue weighted by Gasteiger charge is 2.14. The number of nitrogens with one attached hydrogen (secondary N) is 2. The van der Waals surface area contributed by atoms with Crippen molar-refractivity contribution in [3.63, 3.8) is 0 Å². The molecular weight excluding hydrogens is 404 g/mol. The number of carbonyl (C=O) groups excluding carboxylic acids is 1. The van der Waals surface area contributed by atoms with Crippen molar-refractivity contribution in [3.8, 4) is 5.69 Å². The summed E-state index contributed by atoms with van der Waals surface area (Å²) in [5.41, 5.74) is 4.56. The Bertz CT molecular complexity index is 1170. The van der Waals surface area contributed by atoms with Gasteiger partial charge in [-0.1, -0.05) is 60.7 Å². The van der Waals surface area contributed by atoms with Crippen molar-refractivity contribution in [2.24, 2.45) is 0 Å². The van der Waals surface area contributed by atoms with E-state index in [0.717, 1.165) is 24.2 Å². The number of para-hydroxylation sites is 1. The average molecular weight is 427 g/mol. The first-order chi connectivity index (χ1) is 15.2. The maximum atomic E-state index is 12.7. The van der Waals surface area contributed by atoms with Gasteiger partial charge in [0.25, 0.3) is 5.91 Å². The number of aromatic nitrogens is 2. The van der Waals surface area contributed by atoms with E-state index < -0.39 is 0 Å². The van der Waals surface area contributed by atoms with Crippen molar-refractivity contribution in [1.82, 2.24) is 15.1 Å². The molecule has 0 saturated carbocycles. The van der Waals surface area contributed by atoms with Crippen LogP contribution in [-0.4, -0.2) is 20.8 Å². The van der Waals surface area contributed by atoms with Gasteiger partial charge in [0.1, 0.15) is 5.69 Å². The van der Waals surface area contributed by atoms with Crippen molar-refractivity contribution < 1.29 is 4.79 Å². The van der Waals surface area contributed by atoms with Crippen LogP contribution in [-0.2, 0) is 12.8 Å². The van der Waals surface area contributed by atoms with Crippen molar-refractivity contribution >= 4 is 28.9 Å². The van der Waals surface area contributed by atoms with Gasteiger partial charge in [0.05, 0.1) is 11.9 Å². The number of amides is 1. The molecule has 0 bridgehead atoms. The van der Waals surface area contributed by atoms with Gasteiger partial charge in [0.15, 0.2) is 5.11 Å². The number of nitrogens with zero attached hydrogens (tertiary/aromatic N) is 2. The number of carbonyl (C=O) groups is 1. The molecule has 1 heterocycles. The summed E-state index contributed by atoms with van der Waals surface area (Å²) < 4.78 is 1.59. The average Bonchev–Trinajstić information content (AvgIpc) is 3.29. The van der Waals surface area contributed by atoms with Gasteiger partial charge in [-0.15, -0.1) is 0 Å². The lowest BCUT2D eigenvalue weighted by atomic mass is 10.0. The van der Waals surface area contributed by atoms with Crippen LogP contribution in [0.2, 0.25) is 0 Å². The van der Waals surface area contributed by atoms with Gasteiger partial charge < -0.3 is 5.32 Å². The maximum absolute atomic E-state index is 12.7. The molecule has 31 heavy (non-hydrogen) atoms. The van der Waals surface area contributed by atoms with Crippen molar-refractivity contribution in [2.45, 2.75) is 12.8 Å². The first kappa shape index (κ1) is 20.5. The van der Waals surface area contributed by atoms with Crippen LogP contribution in [0.3, 0.4) is 0 Å². The summed E-state index contributed by atoms with van der Waals surface area (Å²) in [5, 5.41) is 10.3. The molecule has 6 heteroatoms. The molecule has 0 aliphatic carbocycles. The quantitative estimate of drug-likeness (QED) is 0.436. The summed E-state index contributed by atoms with van der Waals surface area (Å²) in [4.78, 5) is 12.7. The van der Waals surface area contributed by atoms with E-state index in [-0.39, 0.29) is 11.0 Å². The lowest BCUT2D eigenvalue weighted by Crippen LogP contribution is -2.35. The number of hydrogen-bond acceptors (Lipinski definition) is 3. The first-order valence-electron chi connectivity index (χ1n) is 10.0. The van der Waals surface area contributed by atoms with Gasteiger partial charge in [-0.2, -0.15) is 5.10 Å². The lowest BCUT2D eigenvalue weighted by Gasteiger charge is -2.12. The second-order valence-corrected chi connectivity index (χ2v) is 7.47. The molecule has 0 fully saturated rings. The Balaban J connectivity index is 1.37. The Morgan fingerprint density at radius 1 is 0.839 bits per heavy atom. The molecule has 0 atom stereocenters. The van der Waals surface area contributed by atoms with Gasteiger partial charge in [-0.05, 0) is 66.5 Å². The van der Waals surface area contributed by atoms with E-state index in [1.807, 2.05) is 48.5 Å². The van der Waals surface area contributed by atoms with Gasteiger partial charge in [0, 0.05) is 5.69 Å². The summed E-state index contributed by atoms with van der Waals surface area (Å²) in [6, 6.07) is 29.6. The highest BCUT2D eigenvalue weighted by molar-refractivity contribution is 7.80. The number of aryl methyl sites for hydroxylation is 2. The zero-order valence-electron chi connectivity index (χ0n) is 16.9. The van der Waals surface area contributed by atoms with Crippen LogP contribution in [0.15, 0.2) is 97.2 Å². The molecule has 4 rings (SSSR count). The van der Waals surface area contributed by atoms with Crippen LogP contribution in [0.25, 0.3) is 5.69 Å². The molecule has 154 valence electrons. The fraction of sp³-hybridized carbons (Fsp3) is 0.0800. The smallest absolute Gasteiger partial charge is 0.276 e. The molecule has 0 saturated heterocycles. The number of rotatable bonds is 6. The predicted octanol–water partition coefficient (Wildman–Crippen LogP) is 4.78. The molecule has 1 amide bonds. The third-order valence-electron chi connectivity index (χ3n) is 4.83. The molecule has 3 aromatic carbocycles. The standard InChI is InChI=1S/C25H22N4OS/c30-24(23-16-17-26-29(23)22-12-5-2-6-13-22)28-25(31)27-21-11-7-10-20(18-21)15-14-19-8-3-1-4-9-19/h1-13,16-18H,14-15H2,(H2,27,28,30,31). The van der Waals surface area contributed by atoms with Gasteiger partial charge in [-0.25, -0.2) is 4.68 Å². The molecule has 0 aliphatic rings. The molecule has 0 radical (unpaired) electrons. The minimum atomic E-state index is -0.320. The van der Waals surface area contributed by atoms with E-state index in [1.165, 1.54) is 11.1 Å². The minimum Gasteiger partial charge on any atom is -0.332 e. The Labute approximate surface area is 186 Å². The SMILES string of the molecule is O=C(NC(=S)Nc1cccc(CCc2ccccc2)c1)c1ccnn1-c1ccccc1. The van der Waals surface area contributed by atoms with Crippen molar-refractivity contribution in [3.05, 3.63) is 114 Å². The van der Waals surface area contributed by atoms with Gasteiger partial charge in [0.2, 0.25) is 0 Å². The minimum absolute atomic E-state index is 0.242. The Kier molecular flexibility index (Phi) is 6.50. The fourth-order valence-corrected chi connectivity index (χ4v) is 3.53. The Morgan fingerprint density at radius 3 is 2.29 bits per heavy atom. The summed E-state index contributed by atoms with van der Waals surface area (Å²) in [5.74, 6) is -0.320. The highest BCUT2D eigenvalue weighted by atomic mass is 32.1. The van der Waals surface area contributed by atoms with E-state index in [1.54, 1.807) is 16.9 Å². The largest absolute Gasteiger partial charge is 0.332 e. The van der Waals surface area contributed by atoms with Crippen molar-refractivity contribution in [2.75, 3.05) is 5.32 Å². The zero-order chi connectivity index (χ0) is 21.5. The van der Waals surface area contributed by atoms with E-state index >= 15 is 0 Å². The third-order valence-corrected chi connectivity index (χ3v) is 5.04. The Morgan fingerprint density at radius 2 is 1.52 bits per heavy atom. The molecule has 1 aromatic heterocycles. The van der Waals surface area contributed by atoms with E-state index in [4.69, 9.17) is 12.2 Å². The Hall–Kier alpha value is -3.77. The number of benzene rings is 3. The topological polar surface area (TPSA) is 59.0 Å². The molecule has 4 aromatic rings. The second-order valence-electron chi connectivity index (χ2n) is 7.06. The van der Waals surface area contributed by atoms with Gasteiger partial charge in [-0.3, -0.25) is 10.1 Å². The van der Waals surface area contributed by atoms with E-state index in [0.29, 0.717) is 5.69 Å². The summed E-state index contributed by atoms with van der Waals surface area (Å²) in [6.45, 7) is 0. The summed E-state index contributed by atoms with van der Waals surface area (Å²) in [6.07, 6.45) is 3.48. The lowest BCUT2D eigenvalue weighted by molar-refractivity contribution is 0.0970. The number of hydrogen-bond donors (Lipinski definition) is 2. The predicted molar refractivity (Wildman–Crippen MR) is 128 cm³/mol. The van der Waals surface area contributed by atoms with Crippen LogP contribution < -0.4 is 10.6 Å². The number of anilines is 1. The number of thiocarbonyl (C=S) groups is 1. The fourth-order valence-electron chi connectivity index (χ4n) is 3.32. The first-order valence-corrected chi connectivity index (χ1v) is 10.4. The van der Waals surface area contributed by atoms with E-state index in [9.17, 15) is 4.79 Å². The molecular formula is C25H22N4OS. The molecule has 0 aliphatic heterocycles. The van der Waals surface area contributed by atoms with E-state index in [2.05, 4.69) is 52.1 Å². The molecule has 2 N–H and O–H groups in total. The summed E-state index contributed by atoms with van der Waals surface area (Å²) >= 11 is 5.36. The van der Waals surface area contributed by atoms with Gasteiger partial charge >= 0.3 is 0 Å². The second kappa shape index (κ2) is 9.82. The van der Waals surface area contributed by atoms with Crippen LogP contribution in [0, 0.1) is 0 Å². The van der Waals surface area contributed by atoms with Crippen molar-refractivity contribution in [1.29, 1.82) is 0 Å². The monoisotopic (exact) mass is 426 g/mol. The van der Waals surface area contributed by atoms with Crippen LogP contribution in [0.5, 0.6) is 0 Å². The molecule has 0 spiro atoms. The highest BCUT2D eigenvalue weighted by Crippen LogP contribution is 2.14. The summed E-state index contributed by atoms with van der Waals surface area (Å²) in [7, 11) is 0.